The molecule has 0 fully saturated rings. The van der Waals surface area contributed by atoms with Crippen molar-refractivity contribution in [1.82, 2.24) is 5.32 Å². The number of ether oxygens (including phenoxy) is 3. The van der Waals surface area contributed by atoms with Crippen molar-refractivity contribution in [3.8, 4) is 17.2 Å². The molecule has 1 atom stereocenters. The zero-order valence-electron chi connectivity index (χ0n) is 18.0. The number of methoxy groups -OCH3 is 1. The summed E-state index contributed by atoms with van der Waals surface area (Å²) < 4.78 is 17.0. The summed E-state index contributed by atoms with van der Waals surface area (Å²) in [6.45, 7) is 1.24. The number of nitrogens with one attached hydrogen (secondary N) is 1. The van der Waals surface area contributed by atoms with Gasteiger partial charge in [0, 0.05) is 11.4 Å². The maximum absolute atomic E-state index is 13.2. The predicted octanol–water partition coefficient (Wildman–Crippen LogP) is 5.61. The van der Waals surface area contributed by atoms with Crippen molar-refractivity contribution < 1.29 is 19.0 Å². The molecule has 32 heavy (non-hydrogen) atoms. The van der Waals surface area contributed by atoms with Crippen molar-refractivity contribution in [3.63, 3.8) is 0 Å². The third-order valence-corrected chi connectivity index (χ3v) is 5.69. The van der Waals surface area contributed by atoms with Crippen molar-refractivity contribution in [2.24, 2.45) is 0 Å². The molecule has 1 aliphatic rings. The molecule has 1 aliphatic heterocycles. The standard InChI is InChI=1S/C26H26ClNO4/c1-30-23-13-10-20(27)17-21(23)26(29)28-22(11-8-18-6-3-2-4-7-18)19-9-12-24-25(16-19)32-15-5-14-31-24/h2-4,6-7,9-10,12-13,16-17,22H,5,8,11,14-15H2,1H3,(H,28,29). The fourth-order valence-electron chi connectivity index (χ4n) is 3.77. The number of carbonyl (C=O) groups excluding carboxylic acids is 1. The minimum Gasteiger partial charge on any atom is -0.496 e. The summed E-state index contributed by atoms with van der Waals surface area (Å²) in [6.07, 6.45) is 2.37. The lowest BCUT2D eigenvalue weighted by atomic mass is 9.98. The summed E-state index contributed by atoms with van der Waals surface area (Å²) in [5, 5.41) is 3.65. The van der Waals surface area contributed by atoms with E-state index in [4.69, 9.17) is 25.8 Å². The molecule has 3 aromatic rings. The summed E-state index contributed by atoms with van der Waals surface area (Å²) in [5.41, 5.74) is 2.57. The molecule has 0 spiro atoms. The zero-order chi connectivity index (χ0) is 22.3. The van der Waals surface area contributed by atoms with Crippen LogP contribution >= 0.6 is 11.6 Å². The average molecular weight is 452 g/mol. The summed E-state index contributed by atoms with van der Waals surface area (Å²) >= 11 is 6.14. The van der Waals surface area contributed by atoms with E-state index in [1.54, 1.807) is 18.2 Å². The molecule has 0 radical (unpaired) electrons. The smallest absolute Gasteiger partial charge is 0.255 e. The van der Waals surface area contributed by atoms with Crippen molar-refractivity contribution in [3.05, 3.63) is 88.4 Å². The van der Waals surface area contributed by atoms with Crippen LogP contribution in [0.15, 0.2) is 66.7 Å². The molecule has 4 rings (SSSR count). The lowest BCUT2D eigenvalue weighted by molar-refractivity contribution is 0.0931. The highest BCUT2D eigenvalue weighted by atomic mass is 35.5. The first-order valence-corrected chi connectivity index (χ1v) is 11.1. The van der Waals surface area contributed by atoms with Crippen molar-refractivity contribution in [2.45, 2.75) is 25.3 Å². The van der Waals surface area contributed by atoms with E-state index in [2.05, 4.69) is 17.4 Å². The lowest BCUT2D eigenvalue weighted by Gasteiger charge is -2.21. The summed E-state index contributed by atoms with van der Waals surface area (Å²) in [6, 6.07) is 20.9. The number of hydrogen-bond acceptors (Lipinski definition) is 4. The van der Waals surface area contributed by atoms with E-state index in [1.807, 2.05) is 36.4 Å². The molecular weight excluding hydrogens is 426 g/mol. The molecule has 0 saturated carbocycles. The van der Waals surface area contributed by atoms with Crippen LogP contribution in [0.1, 0.15) is 40.4 Å². The maximum atomic E-state index is 13.2. The van der Waals surface area contributed by atoms with Crippen LogP contribution in [0, 0.1) is 0 Å². The van der Waals surface area contributed by atoms with Crippen LogP contribution in [0.25, 0.3) is 0 Å². The van der Waals surface area contributed by atoms with E-state index in [1.165, 1.54) is 12.7 Å². The van der Waals surface area contributed by atoms with Crippen LogP contribution in [-0.4, -0.2) is 26.2 Å². The third kappa shape index (κ3) is 5.35. The number of fused-ring (bicyclic) bond motifs is 1. The Hall–Kier alpha value is -3.18. The molecule has 0 saturated heterocycles. The van der Waals surface area contributed by atoms with Crippen LogP contribution in [0.3, 0.4) is 0 Å². The second kappa shape index (κ2) is 10.4. The minimum atomic E-state index is -0.241. The molecule has 6 heteroatoms. The molecule has 1 N–H and O–H groups in total. The topological polar surface area (TPSA) is 56.8 Å². The van der Waals surface area contributed by atoms with Gasteiger partial charge in [-0.05, 0) is 54.3 Å². The zero-order valence-corrected chi connectivity index (χ0v) is 18.7. The van der Waals surface area contributed by atoms with Crippen LogP contribution in [0.4, 0.5) is 0 Å². The van der Waals surface area contributed by atoms with Gasteiger partial charge in [0.25, 0.3) is 5.91 Å². The number of rotatable bonds is 7. The number of carbonyl (C=O) groups is 1. The Morgan fingerprint density at radius 2 is 1.81 bits per heavy atom. The van der Waals surface area contributed by atoms with Gasteiger partial charge >= 0.3 is 0 Å². The van der Waals surface area contributed by atoms with Crippen molar-refractivity contribution in [1.29, 1.82) is 0 Å². The highest BCUT2D eigenvalue weighted by molar-refractivity contribution is 6.31. The summed E-state index contributed by atoms with van der Waals surface area (Å²) in [4.78, 5) is 13.2. The van der Waals surface area contributed by atoms with Gasteiger partial charge < -0.3 is 19.5 Å². The molecule has 0 bridgehead atoms. The number of halogens is 1. The number of aryl methyl sites for hydroxylation is 1. The number of hydrogen-bond donors (Lipinski definition) is 1. The van der Waals surface area contributed by atoms with Gasteiger partial charge in [0.2, 0.25) is 0 Å². The normalized spacial score (nSPS) is 13.7. The molecule has 5 nitrogen and oxygen atoms in total. The van der Waals surface area contributed by atoms with Gasteiger partial charge in [-0.15, -0.1) is 0 Å². The molecule has 1 heterocycles. The van der Waals surface area contributed by atoms with Gasteiger partial charge in [-0.2, -0.15) is 0 Å². The molecule has 3 aromatic carbocycles. The van der Waals surface area contributed by atoms with Crippen LogP contribution < -0.4 is 19.5 Å². The van der Waals surface area contributed by atoms with Crippen LogP contribution in [0.2, 0.25) is 5.02 Å². The second-order valence-electron chi connectivity index (χ2n) is 7.65. The highest BCUT2D eigenvalue weighted by Crippen LogP contribution is 2.34. The SMILES string of the molecule is COc1ccc(Cl)cc1C(=O)NC(CCc1ccccc1)c1ccc2c(c1)OCCCO2. The van der Waals surface area contributed by atoms with E-state index in [9.17, 15) is 4.79 Å². The fourth-order valence-corrected chi connectivity index (χ4v) is 3.94. The van der Waals surface area contributed by atoms with Gasteiger partial charge in [-0.25, -0.2) is 0 Å². The minimum absolute atomic E-state index is 0.233. The maximum Gasteiger partial charge on any atom is 0.255 e. The van der Waals surface area contributed by atoms with Crippen molar-refractivity contribution >= 4 is 17.5 Å². The first-order valence-electron chi connectivity index (χ1n) is 10.7. The Morgan fingerprint density at radius 1 is 1.03 bits per heavy atom. The van der Waals surface area contributed by atoms with E-state index >= 15 is 0 Å². The van der Waals surface area contributed by atoms with Gasteiger partial charge in [0.15, 0.2) is 11.5 Å². The molecule has 1 amide bonds. The largest absolute Gasteiger partial charge is 0.496 e. The van der Waals surface area contributed by atoms with Gasteiger partial charge in [-0.1, -0.05) is 48.0 Å². The van der Waals surface area contributed by atoms with E-state index in [-0.39, 0.29) is 11.9 Å². The summed E-state index contributed by atoms with van der Waals surface area (Å²) in [7, 11) is 1.54. The van der Waals surface area contributed by atoms with Crippen LogP contribution in [0.5, 0.6) is 17.2 Å². The molecular formula is C26H26ClNO4. The van der Waals surface area contributed by atoms with E-state index in [0.29, 0.717) is 35.3 Å². The summed E-state index contributed by atoms with van der Waals surface area (Å²) in [5.74, 6) is 1.68. The van der Waals surface area contributed by atoms with E-state index < -0.39 is 0 Å². The first-order chi connectivity index (χ1) is 15.6. The second-order valence-corrected chi connectivity index (χ2v) is 8.09. The molecule has 166 valence electrons. The Kier molecular flexibility index (Phi) is 7.17. The first kappa shape index (κ1) is 22.0. The Labute approximate surface area is 193 Å². The van der Waals surface area contributed by atoms with Crippen molar-refractivity contribution in [2.75, 3.05) is 20.3 Å². The third-order valence-electron chi connectivity index (χ3n) is 5.45. The fraction of sp³-hybridized carbons (Fsp3) is 0.269. The van der Waals surface area contributed by atoms with Gasteiger partial charge in [0.05, 0.1) is 31.9 Å². The Bertz CT molecular complexity index is 1070. The van der Waals surface area contributed by atoms with Gasteiger partial charge in [0.1, 0.15) is 5.75 Å². The van der Waals surface area contributed by atoms with Gasteiger partial charge in [-0.3, -0.25) is 4.79 Å². The lowest BCUT2D eigenvalue weighted by Crippen LogP contribution is -2.29. The molecule has 0 aromatic heterocycles. The highest BCUT2D eigenvalue weighted by Gasteiger charge is 2.21. The molecule has 0 aliphatic carbocycles. The quantitative estimate of drug-likeness (QED) is 0.507. The Morgan fingerprint density at radius 3 is 2.59 bits per heavy atom. The Balaban J connectivity index is 1.61. The monoisotopic (exact) mass is 451 g/mol. The van der Waals surface area contributed by atoms with Crippen LogP contribution in [-0.2, 0) is 6.42 Å². The van der Waals surface area contributed by atoms with E-state index in [0.717, 1.165) is 30.6 Å². The molecule has 1 unspecified atom stereocenters. The number of benzene rings is 3. The average Bonchev–Trinajstić information content (AvgIpc) is 3.07. The predicted molar refractivity (Wildman–Crippen MR) is 125 cm³/mol. The number of amides is 1.